The van der Waals surface area contributed by atoms with Gasteiger partial charge in [0.15, 0.2) is 0 Å². The van der Waals surface area contributed by atoms with Gasteiger partial charge in [0.2, 0.25) is 0 Å². The van der Waals surface area contributed by atoms with Gasteiger partial charge in [0.05, 0.1) is 19.8 Å². The van der Waals surface area contributed by atoms with E-state index in [1.54, 1.807) is 6.07 Å². The number of hydrogen-bond acceptors (Lipinski definition) is 3. The van der Waals surface area contributed by atoms with Crippen molar-refractivity contribution in [3.05, 3.63) is 35.8 Å². The van der Waals surface area contributed by atoms with Gasteiger partial charge in [-0.3, -0.25) is 0 Å². The molecule has 4 nitrogen and oxygen atoms in total. The number of rotatable bonds is 6. The minimum absolute atomic E-state index is 0.0865. The summed E-state index contributed by atoms with van der Waals surface area (Å²) in [7, 11) is 0. The van der Waals surface area contributed by atoms with Crippen LogP contribution in [0.3, 0.4) is 0 Å². The van der Waals surface area contributed by atoms with Gasteiger partial charge in [-0.15, -0.1) is 0 Å². The Labute approximate surface area is 129 Å². The number of piperidine rings is 1. The Kier molecular flexibility index (Phi) is 5.08. The number of likely N-dealkylation sites (tertiary alicyclic amines) is 1. The summed E-state index contributed by atoms with van der Waals surface area (Å²) in [5.74, 6) is 0.340. The first-order valence-electron chi connectivity index (χ1n) is 7.95. The number of aliphatic hydroxyl groups excluding tert-OH is 1. The van der Waals surface area contributed by atoms with Crippen molar-refractivity contribution in [2.24, 2.45) is 0 Å². The molecule has 2 heterocycles. The van der Waals surface area contributed by atoms with Crippen LogP contribution in [0.15, 0.2) is 24.4 Å². The van der Waals surface area contributed by atoms with E-state index in [2.05, 4.69) is 9.88 Å². The van der Waals surface area contributed by atoms with Crippen molar-refractivity contribution in [3.63, 3.8) is 0 Å². The van der Waals surface area contributed by atoms with Crippen LogP contribution in [0, 0.1) is 5.82 Å². The van der Waals surface area contributed by atoms with Gasteiger partial charge >= 0.3 is 0 Å². The molecule has 1 aliphatic rings. The smallest absolute Gasteiger partial charge is 0.125 e. The molecule has 22 heavy (non-hydrogen) atoms. The molecular formula is C17H23FN2O2. The number of nitrogens with one attached hydrogen (secondary N) is 1. The predicted molar refractivity (Wildman–Crippen MR) is 84.6 cm³/mol. The molecule has 0 amide bonds. The Bertz CT molecular complexity index is 606. The molecule has 0 unspecified atom stereocenters. The van der Waals surface area contributed by atoms with Crippen LogP contribution < -0.4 is 0 Å². The van der Waals surface area contributed by atoms with Gasteiger partial charge in [0, 0.05) is 23.6 Å². The minimum Gasteiger partial charge on any atom is -0.394 e. The second-order valence-electron chi connectivity index (χ2n) is 5.89. The van der Waals surface area contributed by atoms with E-state index < -0.39 is 0 Å². The lowest BCUT2D eigenvalue weighted by Crippen LogP contribution is -2.35. The summed E-state index contributed by atoms with van der Waals surface area (Å²) in [6.07, 6.45) is 4.27. The van der Waals surface area contributed by atoms with E-state index in [9.17, 15) is 4.39 Å². The summed E-state index contributed by atoms with van der Waals surface area (Å²) in [5.41, 5.74) is 2.20. The number of aromatic amines is 1. The fourth-order valence-electron chi connectivity index (χ4n) is 3.29. The second-order valence-corrected chi connectivity index (χ2v) is 5.89. The van der Waals surface area contributed by atoms with E-state index in [1.807, 2.05) is 12.3 Å². The lowest BCUT2D eigenvalue weighted by Gasteiger charge is -2.31. The average Bonchev–Trinajstić information content (AvgIpc) is 2.95. The molecule has 0 atom stereocenters. The maximum atomic E-state index is 13.3. The Morgan fingerprint density at radius 2 is 2.09 bits per heavy atom. The Morgan fingerprint density at radius 1 is 1.27 bits per heavy atom. The highest BCUT2D eigenvalue weighted by atomic mass is 19.1. The largest absolute Gasteiger partial charge is 0.394 e. The van der Waals surface area contributed by atoms with Crippen LogP contribution in [-0.4, -0.2) is 54.4 Å². The summed E-state index contributed by atoms with van der Waals surface area (Å²) in [6.45, 7) is 4.22. The van der Waals surface area contributed by atoms with Crippen molar-refractivity contribution >= 4 is 10.9 Å². The molecule has 2 N–H and O–H groups in total. The summed E-state index contributed by atoms with van der Waals surface area (Å²) in [5, 5.41) is 9.83. The predicted octanol–water partition coefficient (Wildman–Crippen LogP) is 2.50. The Balaban J connectivity index is 1.56. The minimum atomic E-state index is -0.196. The van der Waals surface area contributed by atoms with Crippen LogP contribution in [-0.2, 0) is 4.74 Å². The molecule has 0 saturated carbocycles. The zero-order chi connectivity index (χ0) is 15.4. The maximum Gasteiger partial charge on any atom is 0.125 e. The van der Waals surface area contributed by atoms with Gasteiger partial charge in [0.25, 0.3) is 0 Å². The van der Waals surface area contributed by atoms with Crippen molar-refractivity contribution in [1.29, 1.82) is 0 Å². The highest BCUT2D eigenvalue weighted by molar-refractivity contribution is 5.83. The molecular weight excluding hydrogens is 283 g/mol. The quantitative estimate of drug-likeness (QED) is 0.806. The van der Waals surface area contributed by atoms with E-state index in [0.717, 1.165) is 43.4 Å². The third-order valence-corrected chi connectivity index (χ3v) is 4.49. The summed E-state index contributed by atoms with van der Waals surface area (Å²) in [4.78, 5) is 5.59. The molecule has 5 heteroatoms. The summed E-state index contributed by atoms with van der Waals surface area (Å²) < 4.78 is 18.6. The number of ether oxygens (including phenoxy) is 1. The number of aliphatic hydroxyl groups is 1. The maximum absolute atomic E-state index is 13.3. The fraction of sp³-hybridized carbons (Fsp3) is 0.529. The lowest BCUT2D eigenvalue weighted by molar-refractivity contribution is 0.0680. The summed E-state index contributed by atoms with van der Waals surface area (Å²) >= 11 is 0. The molecule has 1 aromatic carbocycles. The van der Waals surface area contributed by atoms with Gasteiger partial charge in [-0.05, 0) is 55.6 Å². The first-order chi connectivity index (χ1) is 10.8. The van der Waals surface area contributed by atoms with Gasteiger partial charge < -0.3 is 19.7 Å². The average molecular weight is 306 g/mol. The zero-order valence-corrected chi connectivity index (χ0v) is 12.7. The number of benzene rings is 1. The third kappa shape index (κ3) is 3.48. The van der Waals surface area contributed by atoms with Crippen molar-refractivity contribution < 1.29 is 14.2 Å². The molecule has 1 aliphatic heterocycles. The van der Waals surface area contributed by atoms with E-state index in [1.165, 1.54) is 11.6 Å². The highest BCUT2D eigenvalue weighted by Gasteiger charge is 2.22. The van der Waals surface area contributed by atoms with Gasteiger partial charge in [-0.2, -0.15) is 0 Å². The van der Waals surface area contributed by atoms with Gasteiger partial charge in [0.1, 0.15) is 5.82 Å². The SMILES string of the molecule is OCCOCCN1CCC(c2c[nH]c3cc(F)ccc23)CC1. The standard InChI is InChI=1S/C17H23FN2O2/c18-14-1-2-15-16(12-19-17(15)11-14)13-3-5-20(6-4-13)7-9-22-10-8-21/h1-2,11-13,19,21H,3-10H2. The molecule has 1 saturated heterocycles. The number of nitrogens with zero attached hydrogens (tertiary/aromatic N) is 1. The van der Waals surface area contributed by atoms with Crippen molar-refractivity contribution in [2.45, 2.75) is 18.8 Å². The first kappa shape index (κ1) is 15.5. The van der Waals surface area contributed by atoms with E-state index in [-0.39, 0.29) is 12.4 Å². The monoisotopic (exact) mass is 306 g/mol. The van der Waals surface area contributed by atoms with Crippen molar-refractivity contribution in [2.75, 3.05) is 39.5 Å². The number of halogens is 1. The normalized spacial score (nSPS) is 17.4. The lowest BCUT2D eigenvalue weighted by atomic mass is 9.89. The molecule has 1 aromatic heterocycles. The molecule has 0 aliphatic carbocycles. The molecule has 120 valence electrons. The van der Waals surface area contributed by atoms with Gasteiger partial charge in [-0.1, -0.05) is 0 Å². The molecule has 0 bridgehead atoms. The van der Waals surface area contributed by atoms with E-state index in [4.69, 9.17) is 9.84 Å². The first-order valence-corrected chi connectivity index (χ1v) is 7.95. The van der Waals surface area contributed by atoms with Crippen molar-refractivity contribution in [1.82, 2.24) is 9.88 Å². The molecule has 2 aromatic rings. The van der Waals surface area contributed by atoms with E-state index >= 15 is 0 Å². The van der Waals surface area contributed by atoms with Crippen LogP contribution in [0.5, 0.6) is 0 Å². The number of aromatic nitrogens is 1. The molecule has 0 radical (unpaired) electrons. The molecule has 0 spiro atoms. The number of H-pyrrole nitrogens is 1. The van der Waals surface area contributed by atoms with Crippen LogP contribution in [0.25, 0.3) is 10.9 Å². The summed E-state index contributed by atoms with van der Waals surface area (Å²) in [6, 6.07) is 4.98. The van der Waals surface area contributed by atoms with Crippen LogP contribution in [0.2, 0.25) is 0 Å². The van der Waals surface area contributed by atoms with Gasteiger partial charge in [-0.25, -0.2) is 4.39 Å². The Morgan fingerprint density at radius 3 is 2.86 bits per heavy atom. The topological polar surface area (TPSA) is 48.5 Å². The Hall–Kier alpha value is -1.43. The molecule has 1 fully saturated rings. The van der Waals surface area contributed by atoms with Crippen molar-refractivity contribution in [3.8, 4) is 0 Å². The molecule has 3 rings (SSSR count). The van der Waals surface area contributed by atoms with Crippen LogP contribution in [0.4, 0.5) is 4.39 Å². The third-order valence-electron chi connectivity index (χ3n) is 4.49. The highest BCUT2D eigenvalue weighted by Crippen LogP contribution is 2.33. The number of fused-ring (bicyclic) bond motifs is 1. The fourth-order valence-corrected chi connectivity index (χ4v) is 3.29. The van der Waals surface area contributed by atoms with E-state index in [0.29, 0.717) is 19.1 Å². The number of hydrogen-bond donors (Lipinski definition) is 2. The zero-order valence-electron chi connectivity index (χ0n) is 12.7. The van der Waals surface area contributed by atoms with Crippen LogP contribution in [0.1, 0.15) is 24.3 Å². The second kappa shape index (κ2) is 7.22. The van der Waals surface area contributed by atoms with Crippen LogP contribution >= 0.6 is 0 Å².